The van der Waals surface area contributed by atoms with Gasteiger partial charge >= 0.3 is 12.2 Å². The first-order valence-corrected chi connectivity index (χ1v) is 6.78. The van der Waals surface area contributed by atoms with E-state index in [0.717, 1.165) is 11.3 Å². The van der Waals surface area contributed by atoms with E-state index in [2.05, 4.69) is 10.1 Å². The molecule has 1 aromatic heterocycles. The summed E-state index contributed by atoms with van der Waals surface area (Å²) in [5, 5.41) is 22.6. The van der Waals surface area contributed by atoms with Crippen LogP contribution < -0.4 is 5.32 Å². The van der Waals surface area contributed by atoms with Crippen molar-refractivity contribution in [2.75, 3.05) is 0 Å². The predicted octanol–water partition coefficient (Wildman–Crippen LogP) is 0.000800. The summed E-state index contributed by atoms with van der Waals surface area (Å²) in [4.78, 5) is 36.8. The van der Waals surface area contributed by atoms with Crippen molar-refractivity contribution in [3.63, 3.8) is 0 Å². The van der Waals surface area contributed by atoms with E-state index in [1.54, 1.807) is 17.5 Å². The number of carboxylic acids is 1. The number of thiophene rings is 1. The molecule has 0 saturated heterocycles. The second kappa shape index (κ2) is 8.05. The van der Waals surface area contributed by atoms with E-state index in [-0.39, 0.29) is 12.8 Å². The van der Waals surface area contributed by atoms with Crippen LogP contribution in [0.4, 0.5) is 0 Å². The summed E-state index contributed by atoms with van der Waals surface area (Å²) < 4.78 is 0. The number of aliphatic hydroxyl groups excluding tert-OH is 1. The Kier molecular flexibility index (Phi) is 6.41. The maximum absolute atomic E-state index is 11.8. The standard InChI is InChI=1S/C12H13N3O5S/c13-14-6-7(16)3-4-8(12(19)20)15-11(18)10(17)9-2-1-5-21-9/h1-2,5-6,8,10,17H,3-4H2,(H,15,18)(H,19,20)/t8-,10-/m0/s1. The second-order valence-electron chi connectivity index (χ2n) is 4.07. The quantitative estimate of drug-likeness (QED) is 0.352. The number of carbonyl (C=O) groups excluding carboxylic acids is 2. The molecule has 0 spiro atoms. The van der Waals surface area contributed by atoms with E-state index in [1.165, 1.54) is 0 Å². The van der Waals surface area contributed by atoms with Gasteiger partial charge in [-0.2, -0.15) is 4.79 Å². The number of hydrogen-bond acceptors (Lipinski definition) is 5. The molecule has 1 heterocycles. The van der Waals surface area contributed by atoms with Crippen molar-refractivity contribution in [2.45, 2.75) is 25.0 Å². The van der Waals surface area contributed by atoms with Gasteiger partial charge in [-0.3, -0.25) is 9.59 Å². The Balaban J connectivity index is 2.61. The van der Waals surface area contributed by atoms with Gasteiger partial charge in [0.15, 0.2) is 6.10 Å². The normalized spacial score (nSPS) is 12.8. The average molecular weight is 311 g/mol. The smallest absolute Gasteiger partial charge is 0.326 e. The zero-order valence-corrected chi connectivity index (χ0v) is 11.6. The zero-order valence-electron chi connectivity index (χ0n) is 10.8. The average Bonchev–Trinajstić information content (AvgIpc) is 2.96. The van der Waals surface area contributed by atoms with Crippen molar-refractivity contribution in [1.82, 2.24) is 5.32 Å². The minimum absolute atomic E-state index is 0.177. The Morgan fingerprint density at radius 1 is 1.48 bits per heavy atom. The lowest BCUT2D eigenvalue weighted by molar-refractivity contribution is -0.143. The van der Waals surface area contributed by atoms with Crippen LogP contribution in [0.5, 0.6) is 0 Å². The van der Waals surface area contributed by atoms with Gasteiger partial charge in [0.1, 0.15) is 6.04 Å². The molecular formula is C12H13N3O5S. The van der Waals surface area contributed by atoms with Crippen molar-refractivity contribution >= 4 is 35.2 Å². The summed E-state index contributed by atoms with van der Waals surface area (Å²) in [5.74, 6) is -2.75. The molecule has 0 bridgehead atoms. The molecule has 8 nitrogen and oxygen atoms in total. The first-order valence-electron chi connectivity index (χ1n) is 5.90. The minimum atomic E-state index is -1.46. The summed E-state index contributed by atoms with van der Waals surface area (Å²) in [6.07, 6.45) is -1.19. The van der Waals surface area contributed by atoms with Crippen LogP contribution in [-0.4, -0.2) is 44.9 Å². The Morgan fingerprint density at radius 3 is 2.71 bits per heavy atom. The van der Waals surface area contributed by atoms with Gasteiger partial charge in [0.2, 0.25) is 5.78 Å². The summed E-state index contributed by atoms with van der Waals surface area (Å²) in [7, 11) is 0. The number of nitrogens with zero attached hydrogens (tertiary/aromatic N) is 2. The van der Waals surface area contributed by atoms with Crippen LogP contribution in [0.1, 0.15) is 23.8 Å². The number of hydrogen-bond donors (Lipinski definition) is 3. The number of nitrogens with one attached hydrogen (secondary N) is 1. The van der Waals surface area contributed by atoms with Crippen LogP contribution >= 0.6 is 11.3 Å². The fourth-order valence-electron chi connectivity index (χ4n) is 1.50. The highest BCUT2D eigenvalue weighted by atomic mass is 32.1. The third-order valence-corrected chi connectivity index (χ3v) is 3.48. The Labute approximate surface area is 123 Å². The van der Waals surface area contributed by atoms with Gasteiger partial charge in [-0.1, -0.05) is 6.07 Å². The fourth-order valence-corrected chi connectivity index (χ4v) is 2.21. The van der Waals surface area contributed by atoms with E-state index < -0.39 is 29.8 Å². The molecule has 112 valence electrons. The molecule has 0 fully saturated rings. The van der Waals surface area contributed by atoms with Crippen LogP contribution in [-0.2, 0) is 14.4 Å². The Hall–Kier alpha value is -2.35. The molecule has 0 aliphatic carbocycles. The van der Waals surface area contributed by atoms with Gasteiger partial charge in [-0.05, 0) is 17.9 Å². The van der Waals surface area contributed by atoms with E-state index in [0.29, 0.717) is 11.1 Å². The van der Waals surface area contributed by atoms with Crippen molar-refractivity contribution < 1.29 is 29.4 Å². The molecule has 9 heteroatoms. The zero-order chi connectivity index (χ0) is 15.8. The first kappa shape index (κ1) is 16.7. The molecule has 21 heavy (non-hydrogen) atoms. The SMILES string of the molecule is [N-]=[N+]=CC(=O)CC[C@H](NC(=O)[C@@H](O)c1cccs1)C(=O)O. The number of ketones is 1. The number of carbonyl (C=O) groups is 3. The van der Waals surface area contributed by atoms with Gasteiger partial charge in [0, 0.05) is 11.3 Å². The highest BCUT2D eigenvalue weighted by Crippen LogP contribution is 2.19. The third kappa shape index (κ3) is 5.27. The van der Waals surface area contributed by atoms with Crippen LogP contribution in [0.2, 0.25) is 0 Å². The van der Waals surface area contributed by atoms with Crippen molar-refractivity contribution in [3.8, 4) is 0 Å². The number of Topliss-reactive ketones (excluding diaryl/α,β-unsaturated/α-hetero) is 1. The highest BCUT2D eigenvalue weighted by Gasteiger charge is 2.26. The van der Waals surface area contributed by atoms with E-state index in [4.69, 9.17) is 10.6 Å². The van der Waals surface area contributed by atoms with Crippen LogP contribution in [0.25, 0.3) is 5.53 Å². The van der Waals surface area contributed by atoms with E-state index in [9.17, 15) is 19.5 Å². The van der Waals surface area contributed by atoms with Crippen LogP contribution in [0.15, 0.2) is 17.5 Å². The number of rotatable bonds is 8. The Bertz CT molecular complexity index is 565. The maximum atomic E-state index is 11.8. The molecule has 1 aromatic rings. The first-order chi connectivity index (χ1) is 9.95. The van der Waals surface area contributed by atoms with Gasteiger partial charge < -0.3 is 21.1 Å². The highest BCUT2D eigenvalue weighted by molar-refractivity contribution is 7.10. The minimum Gasteiger partial charge on any atom is -0.480 e. The summed E-state index contributed by atoms with van der Waals surface area (Å²) in [5.41, 5.74) is 8.17. The van der Waals surface area contributed by atoms with Gasteiger partial charge in [0.05, 0.1) is 0 Å². The molecule has 3 N–H and O–H groups in total. The number of aliphatic carboxylic acids is 1. The second-order valence-corrected chi connectivity index (χ2v) is 5.05. The summed E-state index contributed by atoms with van der Waals surface area (Å²) in [6, 6.07) is 1.88. The van der Waals surface area contributed by atoms with Gasteiger partial charge in [-0.15, -0.1) is 11.3 Å². The molecule has 0 saturated carbocycles. The monoisotopic (exact) mass is 311 g/mol. The predicted molar refractivity (Wildman–Crippen MR) is 72.8 cm³/mol. The number of aliphatic hydroxyl groups is 1. The van der Waals surface area contributed by atoms with Crippen LogP contribution in [0, 0.1) is 0 Å². The maximum Gasteiger partial charge on any atom is 0.326 e. The fraction of sp³-hybridized carbons (Fsp3) is 0.333. The van der Waals surface area contributed by atoms with Gasteiger partial charge in [-0.25, -0.2) is 4.79 Å². The lowest BCUT2D eigenvalue weighted by atomic mass is 10.1. The number of carboxylic acid groups (broad SMARTS) is 1. The summed E-state index contributed by atoms with van der Waals surface area (Å²) >= 11 is 1.16. The lowest BCUT2D eigenvalue weighted by Gasteiger charge is -2.15. The summed E-state index contributed by atoms with van der Waals surface area (Å²) in [6.45, 7) is 0. The molecule has 0 aliphatic heterocycles. The molecular weight excluding hydrogens is 298 g/mol. The molecule has 0 unspecified atom stereocenters. The van der Waals surface area contributed by atoms with Crippen molar-refractivity contribution in [2.24, 2.45) is 0 Å². The molecule has 1 amide bonds. The van der Waals surface area contributed by atoms with Crippen molar-refractivity contribution in [1.29, 1.82) is 0 Å². The molecule has 0 aliphatic rings. The molecule has 1 rings (SSSR count). The third-order valence-electron chi connectivity index (χ3n) is 2.56. The molecule has 2 atom stereocenters. The largest absolute Gasteiger partial charge is 0.480 e. The van der Waals surface area contributed by atoms with E-state index >= 15 is 0 Å². The molecule has 0 radical (unpaired) electrons. The van der Waals surface area contributed by atoms with Crippen molar-refractivity contribution in [3.05, 3.63) is 27.9 Å². The molecule has 0 aromatic carbocycles. The van der Waals surface area contributed by atoms with Crippen LogP contribution in [0.3, 0.4) is 0 Å². The number of amides is 1. The lowest BCUT2D eigenvalue weighted by Crippen LogP contribution is -2.43. The van der Waals surface area contributed by atoms with E-state index in [1.807, 2.05) is 0 Å². The van der Waals surface area contributed by atoms with Gasteiger partial charge in [0.25, 0.3) is 5.91 Å². The Morgan fingerprint density at radius 2 is 2.19 bits per heavy atom. The topological polar surface area (TPSA) is 140 Å².